The van der Waals surface area contributed by atoms with Crippen molar-refractivity contribution < 1.29 is 22.7 Å². The minimum atomic E-state index is -4.69. The van der Waals surface area contributed by atoms with Crippen molar-refractivity contribution in [3.8, 4) is 0 Å². The molecular formula is C18H13BF3N3O3. The molecule has 0 aliphatic heterocycles. The van der Waals surface area contributed by atoms with E-state index in [2.05, 4.69) is 9.97 Å². The molecule has 0 aromatic carbocycles. The van der Waals surface area contributed by atoms with Crippen molar-refractivity contribution >= 4 is 30.4 Å². The molecule has 3 aromatic rings. The summed E-state index contributed by atoms with van der Waals surface area (Å²) in [5.74, 6) is -0.872. The molecule has 6 nitrogen and oxygen atoms in total. The Bertz CT molecular complexity index is 1110. The summed E-state index contributed by atoms with van der Waals surface area (Å²) in [7, 11) is 5.64. The van der Waals surface area contributed by atoms with Gasteiger partial charge >= 0.3 is 12.1 Å². The highest BCUT2D eigenvalue weighted by atomic mass is 19.4. The Labute approximate surface area is 158 Å². The zero-order valence-corrected chi connectivity index (χ0v) is 14.7. The van der Waals surface area contributed by atoms with Crippen LogP contribution in [0.25, 0.3) is 11.0 Å². The van der Waals surface area contributed by atoms with Crippen molar-refractivity contribution in [2.24, 2.45) is 0 Å². The van der Waals surface area contributed by atoms with Crippen LogP contribution in [0.5, 0.6) is 0 Å². The van der Waals surface area contributed by atoms with Gasteiger partial charge in [0.25, 0.3) is 0 Å². The number of halogens is 3. The van der Waals surface area contributed by atoms with Crippen LogP contribution < -0.4 is 11.0 Å². The number of alkyl halides is 3. The molecule has 0 atom stereocenters. The number of pyridine rings is 3. The normalized spacial score (nSPS) is 11.6. The van der Waals surface area contributed by atoms with Crippen LogP contribution in [0.1, 0.15) is 28.7 Å². The summed E-state index contributed by atoms with van der Waals surface area (Å²) >= 11 is 0. The Hall–Kier alpha value is -3.17. The van der Waals surface area contributed by atoms with Crippen LogP contribution in [0.4, 0.5) is 13.2 Å². The molecule has 3 heterocycles. The second-order valence-corrected chi connectivity index (χ2v) is 5.84. The summed E-state index contributed by atoms with van der Waals surface area (Å²) in [6.07, 6.45) is -3.56. The fraction of sp³-hybridized carbons (Fsp3) is 0.222. The molecule has 0 spiro atoms. The van der Waals surface area contributed by atoms with E-state index in [1.54, 1.807) is 25.1 Å². The Morgan fingerprint density at radius 2 is 1.96 bits per heavy atom. The molecule has 0 saturated carbocycles. The largest absolute Gasteiger partial charge is 0.462 e. The number of hydrogen-bond donors (Lipinski definition) is 0. The van der Waals surface area contributed by atoms with E-state index in [1.807, 2.05) is 0 Å². The zero-order valence-electron chi connectivity index (χ0n) is 14.7. The molecular weight excluding hydrogens is 374 g/mol. The Morgan fingerprint density at radius 3 is 2.61 bits per heavy atom. The first-order chi connectivity index (χ1) is 13.2. The molecule has 0 bridgehead atoms. The molecule has 2 radical (unpaired) electrons. The van der Waals surface area contributed by atoms with Crippen molar-refractivity contribution in [1.29, 1.82) is 0 Å². The first kappa shape index (κ1) is 19.6. The number of fused-ring (bicyclic) bond motifs is 1. The molecule has 0 fully saturated rings. The van der Waals surface area contributed by atoms with Crippen molar-refractivity contribution in [1.82, 2.24) is 14.5 Å². The van der Waals surface area contributed by atoms with Crippen LogP contribution in [-0.4, -0.2) is 35.0 Å². The van der Waals surface area contributed by atoms with Gasteiger partial charge in [0.2, 0.25) is 5.43 Å². The third-order valence-corrected chi connectivity index (χ3v) is 3.87. The molecule has 10 heteroatoms. The molecule has 3 aromatic heterocycles. The Kier molecular flexibility index (Phi) is 5.22. The maximum atomic E-state index is 13.1. The summed E-state index contributed by atoms with van der Waals surface area (Å²) in [5, 5.41) is -0.137. The minimum absolute atomic E-state index is 0.0400. The third-order valence-electron chi connectivity index (χ3n) is 3.87. The molecule has 0 aliphatic rings. The number of carbonyl (C=O) groups excluding carboxylic acids is 1. The maximum absolute atomic E-state index is 13.1. The highest BCUT2D eigenvalue weighted by Crippen LogP contribution is 2.28. The molecule has 0 unspecified atom stereocenters. The highest BCUT2D eigenvalue weighted by Gasteiger charge is 2.33. The van der Waals surface area contributed by atoms with Gasteiger partial charge in [0.05, 0.1) is 24.2 Å². The summed E-state index contributed by atoms with van der Waals surface area (Å²) in [5.41, 5.74) is -1.81. The Balaban J connectivity index is 2.25. The lowest BCUT2D eigenvalue weighted by Gasteiger charge is -2.14. The van der Waals surface area contributed by atoms with Crippen molar-refractivity contribution in [2.45, 2.75) is 19.6 Å². The van der Waals surface area contributed by atoms with Crippen LogP contribution in [0.3, 0.4) is 0 Å². The molecule has 0 saturated heterocycles. The monoisotopic (exact) mass is 387 g/mol. The van der Waals surface area contributed by atoms with Crippen molar-refractivity contribution in [3.63, 3.8) is 0 Å². The van der Waals surface area contributed by atoms with Gasteiger partial charge in [-0.05, 0) is 30.7 Å². The number of carbonyl (C=O) groups is 1. The maximum Gasteiger partial charge on any atom is 0.433 e. The molecule has 0 N–H and O–H groups in total. The number of rotatable bonds is 4. The predicted molar refractivity (Wildman–Crippen MR) is 95.7 cm³/mol. The first-order valence-electron chi connectivity index (χ1n) is 8.20. The van der Waals surface area contributed by atoms with Gasteiger partial charge in [0.15, 0.2) is 0 Å². The van der Waals surface area contributed by atoms with Gasteiger partial charge in [-0.1, -0.05) is 12.1 Å². The second-order valence-electron chi connectivity index (χ2n) is 5.84. The van der Waals surface area contributed by atoms with Crippen molar-refractivity contribution in [3.05, 3.63) is 63.7 Å². The standard InChI is InChI=1S/C18H13BF3N3O3/c1-2-28-17(27)12-9-25(8-10-4-3-5-14(19)23-10)16-11(15(12)26)6-7-13(24-16)18(20,21)22/h3-7,9H,2,8H2,1H3. The number of aromatic nitrogens is 3. The van der Waals surface area contributed by atoms with Crippen LogP contribution in [0.2, 0.25) is 0 Å². The summed E-state index contributed by atoms with van der Waals surface area (Å²) in [6, 6.07) is 6.49. The average molecular weight is 387 g/mol. The number of nitrogens with zero attached hydrogens (tertiary/aromatic N) is 3. The third kappa shape index (κ3) is 3.90. The second kappa shape index (κ2) is 7.45. The van der Waals surface area contributed by atoms with E-state index in [-0.39, 0.29) is 35.3 Å². The molecule has 28 heavy (non-hydrogen) atoms. The van der Waals surface area contributed by atoms with E-state index in [0.29, 0.717) is 11.8 Å². The lowest BCUT2D eigenvalue weighted by molar-refractivity contribution is -0.141. The lowest BCUT2D eigenvalue weighted by atomic mass is 10.0. The summed E-state index contributed by atoms with van der Waals surface area (Å²) in [4.78, 5) is 32.4. The van der Waals surface area contributed by atoms with E-state index < -0.39 is 23.3 Å². The van der Waals surface area contributed by atoms with E-state index in [4.69, 9.17) is 12.6 Å². The predicted octanol–water partition coefficient (Wildman–Crippen LogP) is 1.83. The SMILES string of the molecule is [B]c1cccc(Cn2cc(C(=O)OCC)c(=O)c3ccc(C(F)(F)F)nc32)n1. The van der Waals surface area contributed by atoms with Crippen LogP contribution in [-0.2, 0) is 17.5 Å². The number of hydrogen-bond acceptors (Lipinski definition) is 5. The van der Waals surface area contributed by atoms with Crippen LogP contribution >= 0.6 is 0 Å². The average Bonchev–Trinajstić information content (AvgIpc) is 2.63. The van der Waals surface area contributed by atoms with Crippen LogP contribution in [0.15, 0.2) is 41.3 Å². The zero-order chi connectivity index (χ0) is 20.5. The van der Waals surface area contributed by atoms with E-state index in [0.717, 1.165) is 12.3 Å². The number of esters is 1. The van der Waals surface area contributed by atoms with Gasteiger partial charge in [-0.3, -0.25) is 9.78 Å². The fourth-order valence-corrected chi connectivity index (χ4v) is 2.66. The fourth-order valence-electron chi connectivity index (χ4n) is 2.66. The van der Waals surface area contributed by atoms with E-state index >= 15 is 0 Å². The van der Waals surface area contributed by atoms with Gasteiger partial charge in [0.1, 0.15) is 24.8 Å². The van der Waals surface area contributed by atoms with Crippen molar-refractivity contribution in [2.75, 3.05) is 6.61 Å². The molecule has 142 valence electrons. The van der Waals surface area contributed by atoms with Crippen LogP contribution in [0, 0.1) is 0 Å². The van der Waals surface area contributed by atoms with E-state index in [1.165, 1.54) is 4.57 Å². The molecule has 0 amide bonds. The van der Waals surface area contributed by atoms with Gasteiger partial charge in [-0.15, -0.1) is 0 Å². The summed E-state index contributed by atoms with van der Waals surface area (Å²) < 4.78 is 45.4. The van der Waals surface area contributed by atoms with Gasteiger partial charge in [-0.2, -0.15) is 13.2 Å². The smallest absolute Gasteiger partial charge is 0.433 e. The Morgan fingerprint density at radius 1 is 1.21 bits per heavy atom. The van der Waals surface area contributed by atoms with Gasteiger partial charge in [0, 0.05) is 6.20 Å². The van der Waals surface area contributed by atoms with Gasteiger partial charge < -0.3 is 9.30 Å². The molecule has 0 aliphatic carbocycles. The lowest BCUT2D eigenvalue weighted by Crippen LogP contribution is -2.23. The van der Waals surface area contributed by atoms with Gasteiger partial charge in [-0.25, -0.2) is 9.78 Å². The topological polar surface area (TPSA) is 74.1 Å². The minimum Gasteiger partial charge on any atom is -0.462 e. The highest BCUT2D eigenvalue weighted by molar-refractivity contribution is 6.30. The summed E-state index contributed by atoms with van der Waals surface area (Å²) in [6.45, 7) is 1.56. The quantitative estimate of drug-likeness (QED) is 0.505. The first-order valence-corrected chi connectivity index (χ1v) is 8.20. The van der Waals surface area contributed by atoms with E-state index in [9.17, 15) is 22.8 Å². The number of ether oxygens (including phenoxy) is 1. The molecule has 3 rings (SSSR count).